The van der Waals surface area contributed by atoms with E-state index in [4.69, 9.17) is 4.74 Å². The number of piperidine rings is 1. The van der Waals surface area contributed by atoms with Crippen molar-refractivity contribution in [1.82, 2.24) is 14.9 Å². The third-order valence-corrected chi connectivity index (χ3v) is 6.76. The molecule has 3 aromatic rings. The quantitative estimate of drug-likeness (QED) is 0.616. The van der Waals surface area contributed by atoms with E-state index < -0.39 is 0 Å². The molecule has 1 fully saturated rings. The molecule has 162 valence electrons. The molecule has 1 unspecified atom stereocenters. The molecule has 3 heterocycles. The summed E-state index contributed by atoms with van der Waals surface area (Å²) in [5.74, 6) is -0.133. The summed E-state index contributed by atoms with van der Waals surface area (Å²) in [6.07, 6.45) is 1.98. The van der Waals surface area contributed by atoms with Crippen LogP contribution >= 0.6 is 11.3 Å². The van der Waals surface area contributed by atoms with Crippen LogP contribution in [-0.4, -0.2) is 46.4 Å². The Morgan fingerprint density at radius 3 is 2.81 bits per heavy atom. The molecule has 0 radical (unpaired) electrons. The van der Waals surface area contributed by atoms with Crippen molar-refractivity contribution in [2.75, 3.05) is 19.7 Å². The molecule has 1 saturated heterocycles. The number of likely N-dealkylation sites (tertiary alicyclic amines) is 1. The molecule has 4 rings (SSSR count). The third-order valence-electron chi connectivity index (χ3n) is 5.59. The number of fused-ring (bicyclic) bond motifs is 1. The number of rotatable bonds is 5. The zero-order valence-electron chi connectivity index (χ0n) is 17.6. The van der Waals surface area contributed by atoms with E-state index in [-0.39, 0.29) is 23.4 Å². The standard InChI is InChI=1S/C23H25N3O4S/c1-3-30-23(29)16-10-7-11-26(13-16)22(28)19-14(2)18-20(27)24-17(25-21(18)31-19)12-15-8-5-4-6-9-15/h4-6,8-9,16H,3,7,10-13H2,1-2H3,(H,24,25,27). The fourth-order valence-electron chi connectivity index (χ4n) is 4.02. The van der Waals surface area contributed by atoms with Crippen LogP contribution in [0.1, 0.15) is 46.4 Å². The maximum Gasteiger partial charge on any atom is 0.310 e. The van der Waals surface area contributed by atoms with Crippen molar-refractivity contribution in [2.24, 2.45) is 5.92 Å². The summed E-state index contributed by atoms with van der Waals surface area (Å²) in [4.78, 5) is 48.4. The van der Waals surface area contributed by atoms with E-state index in [0.29, 0.717) is 52.6 Å². The van der Waals surface area contributed by atoms with Crippen molar-refractivity contribution in [1.29, 1.82) is 0 Å². The maximum atomic E-state index is 13.2. The third kappa shape index (κ3) is 4.39. The minimum atomic E-state index is -0.300. The molecule has 2 aromatic heterocycles. The highest BCUT2D eigenvalue weighted by atomic mass is 32.1. The molecule has 0 aliphatic carbocycles. The summed E-state index contributed by atoms with van der Waals surface area (Å²) in [6.45, 7) is 4.83. The number of ether oxygens (including phenoxy) is 1. The predicted octanol–water partition coefficient (Wildman–Crippen LogP) is 3.30. The van der Waals surface area contributed by atoms with Gasteiger partial charge in [-0.2, -0.15) is 0 Å². The lowest BCUT2D eigenvalue weighted by Crippen LogP contribution is -2.42. The van der Waals surface area contributed by atoms with Gasteiger partial charge in [-0.15, -0.1) is 11.3 Å². The number of esters is 1. The van der Waals surface area contributed by atoms with Crippen molar-refractivity contribution in [3.8, 4) is 0 Å². The first kappa shape index (κ1) is 21.2. The van der Waals surface area contributed by atoms with Gasteiger partial charge in [-0.3, -0.25) is 14.4 Å². The lowest BCUT2D eigenvalue weighted by atomic mass is 9.98. The average molecular weight is 440 g/mol. The highest BCUT2D eigenvalue weighted by molar-refractivity contribution is 7.20. The fourth-order valence-corrected chi connectivity index (χ4v) is 5.19. The van der Waals surface area contributed by atoms with E-state index in [1.54, 1.807) is 18.7 Å². The van der Waals surface area contributed by atoms with Crippen LogP contribution in [0.15, 0.2) is 35.1 Å². The predicted molar refractivity (Wildman–Crippen MR) is 119 cm³/mol. The topological polar surface area (TPSA) is 92.4 Å². The molecule has 1 aliphatic rings. The molecule has 31 heavy (non-hydrogen) atoms. The Hall–Kier alpha value is -3.00. The van der Waals surface area contributed by atoms with Crippen molar-refractivity contribution >= 4 is 33.4 Å². The minimum absolute atomic E-state index is 0.154. The normalized spacial score (nSPS) is 16.5. The Kier molecular flexibility index (Phi) is 6.18. The number of nitrogens with zero attached hydrogens (tertiary/aromatic N) is 2. The van der Waals surface area contributed by atoms with Gasteiger partial charge in [0.25, 0.3) is 11.5 Å². The summed E-state index contributed by atoms with van der Waals surface area (Å²) in [5.41, 5.74) is 1.46. The second-order valence-electron chi connectivity index (χ2n) is 7.75. The van der Waals surface area contributed by atoms with Crippen molar-refractivity contribution in [3.05, 3.63) is 62.5 Å². The Labute approximate surface area is 184 Å². The summed E-state index contributed by atoms with van der Waals surface area (Å²) in [7, 11) is 0. The van der Waals surface area contributed by atoms with Crippen molar-refractivity contribution < 1.29 is 14.3 Å². The number of hydrogen-bond donors (Lipinski definition) is 1. The van der Waals surface area contributed by atoms with E-state index in [1.807, 2.05) is 30.3 Å². The fraction of sp³-hybridized carbons (Fsp3) is 0.391. The van der Waals surface area contributed by atoms with Crippen LogP contribution in [0.25, 0.3) is 10.2 Å². The zero-order valence-corrected chi connectivity index (χ0v) is 18.5. The first-order chi connectivity index (χ1) is 15.0. The smallest absolute Gasteiger partial charge is 0.310 e. The lowest BCUT2D eigenvalue weighted by molar-refractivity contribution is -0.149. The van der Waals surface area contributed by atoms with E-state index in [2.05, 4.69) is 9.97 Å². The molecule has 0 spiro atoms. The van der Waals surface area contributed by atoms with Gasteiger partial charge in [0.15, 0.2) is 0 Å². The number of amides is 1. The van der Waals surface area contributed by atoms with Gasteiger partial charge >= 0.3 is 5.97 Å². The van der Waals surface area contributed by atoms with Gasteiger partial charge in [0.2, 0.25) is 0 Å². The maximum absolute atomic E-state index is 13.2. The highest BCUT2D eigenvalue weighted by Crippen LogP contribution is 2.30. The van der Waals surface area contributed by atoms with Crippen LogP contribution in [0.3, 0.4) is 0 Å². The van der Waals surface area contributed by atoms with Gasteiger partial charge in [0.05, 0.1) is 22.8 Å². The molecule has 1 N–H and O–H groups in total. The summed E-state index contributed by atoms with van der Waals surface area (Å²) >= 11 is 1.25. The van der Waals surface area contributed by atoms with Crippen molar-refractivity contribution in [2.45, 2.75) is 33.1 Å². The number of benzene rings is 1. The minimum Gasteiger partial charge on any atom is -0.466 e. The first-order valence-electron chi connectivity index (χ1n) is 10.5. The number of carbonyl (C=O) groups is 2. The Balaban J connectivity index is 1.61. The molecule has 1 atom stereocenters. The molecular formula is C23H25N3O4S. The van der Waals surface area contributed by atoms with Gasteiger partial charge in [-0.1, -0.05) is 30.3 Å². The Bertz CT molecular complexity index is 1170. The number of aromatic nitrogens is 2. The van der Waals surface area contributed by atoms with Crippen LogP contribution in [0.4, 0.5) is 0 Å². The molecule has 7 nitrogen and oxygen atoms in total. The average Bonchev–Trinajstić information content (AvgIpc) is 3.11. The monoisotopic (exact) mass is 439 g/mol. The molecule has 0 saturated carbocycles. The van der Waals surface area contributed by atoms with Crippen molar-refractivity contribution in [3.63, 3.8) is 0 Å². The van der Waals surface area contributed by atoms with Crippen LogP contribution in [0, 0.1) is 12.8 Å². The molecule has 1 amide bonds. The number of carbonyl (C=O) groups excluding carboxylic acids is 2. The molecule has 0 bridgehead atoms. The van der Waals surface area contributed by atoms with E-state index in [9.17, 15) is 14.4 Å². The number of aryl methyl sites for hydroxylation is 1. The Morgan fingerprint density at radius 2 is 2.06 bits per heavy atom. The lowest BCUT2D eigenvalue weighted by Gasteiger charge is -2.31. The number of H-pyrrole nitrogens is 1. The highest BCUT2D eigenvalue weighted by Gasteiger charge is 2.31. The molecular weight excluding hydrogens is 414 g/mol. The SMILES string of the molecule is CCOC(=O)C1CCCN(C(=O)c2sc3nc(Cc4ccccc4)[nH]c(=O)c3c2C)C1. The largest absolute Gasteiger partial charge is 0.466 e. The zero-order chi connectivity index (χ0) is 22.0. The number of aromatic amines is 1. The van der Waals surface area contributed by atoms with Crippen LogP contribution in [0.2, 0.25) is 0 Å². The summed E-state index contributed by atoms with van der Waals surface area (Å²) < 4.78 is 5.13. The summed E-state index contributed by atoms with van der Waals surface area (Å²) in [5, 5.41) is 0.462. The van der Waals surface area contributed by atoms with E-state index >= 15 is 0 Å². The molecule has 8 heteroatoms. The van der Waals surface area contributed by atoms with Gasteiger partial charge in [-0.25, -0.2) is 4.98 Å². The number of thiophene rings is 1. The summed E-state index contributed by atoms with van der Waals surface area (Å²) in [6, 6.07) is 9.79. The number of nitrogens with one attached hydrogen (secondary N) is 1. The van der Waals surface area contributed by atoms with Crippen LogP contribution in [0.5, 0.6) is 0 Å². The van der Waals surface area contributed by atoms with E-state index in [1.165, 1.54) is 11.3 Å². The molecule has 1 aliphatic heterocycles. The second-order valence-corrected chi connectivity index (χ2v) is 8.75. The van der Waals surface area contributed by atoms with E-state index in [0.717, 1.165) is 18.4 Å². The first-order valence-corrected chi connectivity index (χ1v) is 11.3. The van der Waals surface area contributed by atoms with Crippen LogP contribution in [-0.2, 0) is 16.0 Å². The van der Waals surface area contributed by atoms with Gasteiger partial charge in [-0.05, 0) is 37.8 Å². The Morgan fingerprint density at radius 1 is 1.29 bits per heavy atom. The number of hydrogen-bond acceptors (Lipinski definition) is 6. The van der Waals surface area contributed by atoms with Crippen LogP contribution < -0.4 is 5.56 Å². The van der Waals surface area contributed by atoms with Gasteiger partial charge in [0.1, 0.15) is 10.7 Å². The van der Waals surface area contributed by atoms with Gasteiger partial charge < -0.3 is 14.6 Å². The van der Waals surface area contributed by atoms with Gasteiger partial charge in [0, 0.05) is 19.5 Å². The second kappa shape index (κ2) is 9.01. The molecule has 1 aromatic carbocycles.